The fraction of sp³-hybridized carbons (Fsp3) is 0.200. The van der Waals surface area contributed by atoms with Crippen molar-refractivity contribution in [2.24, 2.45) is 0 Å². The van der Waals surface area contributed by atoms with Crippen LogP contribution in [0.15, 0.2) is 10.6 Å². The van der Waals surface area contributed by atoms with E-state index in [0.717, 1.165) is 0 Å². The summed E-state index contributed by atoms with van der Waals surface area (Å²) in [4.78, 5) is 3.60. The Hall–Kier alpha value is -1.24. The highest BCUT2D eigenvalue weighted by Gasteiger charge is 1.97. The summed E-state index contributed by atoms with van der Waals surface area (Å²) < 4.78 is 4.78. The fourth-order valence-electron chi connectivity index (χ4n) is 0.454. The second-order valence-corrected chi connectivity index (χ2v) is 1.45. The van der Waals surface area contributed by atoms with Crippen LogP contribution in [0, 0.1) is 11.3 Å². The number of nitriles is 1. The maximum Gasteiger partial charge on any atom is 0.300 e. The lowest BCUT2D eigenvalue weighted by molar-refractivity contribution is 0.508. The molecule has 0 spiro atoms. The molecule has 1 aromatic rings. The molecule has 0 bridgehead atoms. The van der Waals surface area contributed by atoms with Crippen LogP contribution in [0.25, 0.3) is 0 Å². The van der Waals surface area contributed by atoms with Gasteiger partial charge in [-0.2, -0.15) is 5.26 Å². The van der Waals surface area contributed by atoms with Gasteiger partial charge in [-0.05, 0) is 6.32 Å². The lowest BCUT2D eigenvalue weighted by Crippen LogP contribution is -1.74. The molecule has 4 heteroatoms. The molecule has 1 heterocycles. The summed E-state index contributed by atoms with van der Waals surface area (Å²) in [7, 11) is 5.17. The molecule has 42 valence electrons. The second-order valence-electron chi connectivity index (χ2n) is 1.45. The van der Waals surface area contributed by atoms with Crippen LogP contribution in [0.4, 0.5) is 0 Å². The van der Waals surface area contributed by atoms with Gasteiger partial charge >= 0.3 is 5.89 Å². The number of rotatable bonds is 1. The van der Waals surface area contributed by atoms with Crippen LogP contribution >= 0.6 is 0 Å². The van der Waals surface area contributed by atoms with Crippen LogP contribution in [0.5, 0.6) is 0 Å². The maximum absolute atomic E-state index is 8.20. The van der Waals surface area contributed by atoms with Gasteiger partial charge in [-0.25, -0.2) is 4.98 Å². The van der Waals surface area contributed by atoms with Crippen LogP contribution in [-0.4, -0.2) is 12.8 Å². The molecule has 0 saturated carbocycles. The number of nitrogens with zero attached hydrogens (tertiary/aromatic N) is 2. The van der Waals surface area contributed by atoms with Gasteiger partial charge < -0.3 is 4.42 Å². The first kappa shape index (κ1) is 5.89. The van der Waals surface area contributed by atoms with E-state index in [0.29, 0.717) is 5.76 Å². The Morgan fingerprint density at radius 3 is 3.00 bits per heavy atom. The SMILES string of the molecule is [B]Cc1cnc(C#N)o1. The van der Waals surface area contributed by atoms with E-state index in [1.807, 2.05) is 0 Å². The Morgan fingerprint density at radius 1 is 1.89 bits per heavy atom. The van der Waals surface area contributed by atoms with Crippen molar-refractivity contribution >= 4 is 7.85 Å². The third kappa shape index (κ3) is 1.11. The van der Waals surface area contributed by atoms with E-state index in [2.05, 4.69) is 4.98 Å². The molecular formula is C5H3BN2O. The summed E-state index contributed by atoms with van der Waals surface area (Å²) in [5.74, 6) is 0.599. The summed E-state index contributed by atoms with van der Waals surface area (Å²) in [5, 5.41) is 8.20. The van der Waals surface area contributed by atoms with Crippen molar-refractivity contribution in [2.45, 2.75) is 6.32 Å². The number of oxazole rings is 1. The minimum Gasteiger partial charge on any atom is -0.435 e. The van der Waals surface area contributed by atoms with E-state index in [1.54, 1.807) is 6.07 Å². The predicted octanol–water partition coefficient (Wildman–Crippen LogP) is 0.215. The summed E-state index contributed by atoms with van der Waals surface area (Å²) in [5.41, 5.74) is 0. The van der Waals surface area contributed by atoms with Crippen LogP contribution < -0.4 is 0 Å². The monoisotopic (exact) mass is 118 g/mol. The molecule has 2 radical (unpaired) electrons. The van der Waals surface area contributed by atoms with E-state index in [4.69, 9.17) is 17.5 Å². The third-order valence-electron chi connectivity index (χ3n) is 0.850. The number of hydrogen-bond donors (Lipinski definition) is 0. The highest BCUT2D eigenvalue weighted by molar-refractivity contribution is 6.07. The number of aromatic nitrogens is 1. The molecule has 0 aromatic carbocycles. The predicted molar refractivity (Wildman–Crippen MR) is 30.7 cm³/mol. The van der Waals surface area contributed by atoms with E-state index in [1.165, 1.54) is 6.20 Å². The van der Waals surface area contributed by atoms with Gasteiger partial charge in [-0.3, -0.25) is 0 Å². The molecule has 0 aliphatic carbocycles. The summed E-state index contributed by atoms with van der Waals surface area (Å²) >= 11 is 0. The molecule has 0 fully saturated rings. The molecule has 0 unspecified atom stereocenters. The van der Waals surface area contributed by atoms with Crippen molar-refractivity contribution in [1.29, 1.82) is 5.26 Å². The molecule has 0 amide bonds. The Bertz CT molecular complexity index is 237. The molecule has 3 nitrogen and oxygen atoms in total. The Balaban J connectivity index is 2.90. The minimum absolute atomic E-state index is 0.0652. The summed E-state index contributed by atoms with van der Waals surface area (Å²) in [6.07, 6.45) is 1.73. The van der Waals surface area contributed by atoms with Crippen LogP contribution in [0.1, 0.15) is 11.7 Å². The number of hydrogen-bond acceptors (Lipinski definition) is 3. The van der Waals surface area contributed by atoms with Gasteiger partial charge in [-0.15, -0.1) is 0 Å². The van der Waals surface area contributed by atoms with Gasteiger partial charge in [0.25, 0.3) is 0 Å². The van der Waals surface area contributed by atoms with E-state index < -0.39 is 0 Å². The van der Waals surface area contributed by atoms with Crippen molar-refractivity contribution in [3.8, 4) is 6.07 Å². The maximum atomic E-state index is 8.20. The van der Waals surface area contributed by atoms with Crippen molar-refractivity contribution in [3.05, 3.63) is 17.8 Å². The minimum atomic E-state index is 0.0652. The Labute approximate surface area is 53.7 Å². The molecule has 0 N–H and O–H groups in total. The second kappa shape index (κ2) is 2.36. The van der Waals surface area contributed by atoms with Gasteiger partial charge in [0.15, 0.2) is 6.07 Å². The quantitative estimate of drug-likeness (QED) is 0.495. The molecule has 0 aliphatic heterocycles. The topological polar surface area (TPSA) is 49.8 Å². The average molecular weight is 118 g/mol. The van der Waals surface area contributed by atoms with Gasteiger partial charge in [0.2, 0.25) is 0 Å². The first-order valence-electron chi connectivity index (χ1n) is 2.41. The molecule has 0 aliphatic rings. The van der Waals surface area contributed by atoms with Gasteiger partial charge in [0.1, 0.15) is 5.76 Å². The van der Waals surface area contributed by atoms with Gasteiger partial charge in [0.05, 0.1) is 14.0 Å². The first-order valence-corrected chi connectivity index (χ1v) is 2.41. The molecule has 0 atom stereocenters. The smallest absolute Gasteiger partial charge is 0.300 e. The van der Waals surface area contributed by atoms with Gasteiger partial charge in [-0.1, -0.05) is 0 Å². The normalized spacial score (nSPS) is 8.78. The molecular weight excluding hydrogens is 115 g/mol. The van der Waals surface area contributed by atoms with E-state index in [9.17, 15) is 0 Å². The summed E-state index contributed by atoms with van der Waals surface area (Å²) in [6.45, 7) is 0. The van der Waals surface area contributed by atoms with Crippen LogP contribution in [-0.2, 0) is 6.32 Å². The first-order chi connectivity index (χ1) is 4.36. The zero-order valence-corrected chi connectivity index (χ0v) is 4.66. The molecule has 0 saturated heterocycles. The Kier molecular flexibility index (Phi) is 1.54. The zero-order valence-electron chi connectivity index (χ0n) is 4.66. The lowest BCUT2D eigenvalue weighted by atomic mass is 10.0. The average Bonchev–Trinajstić information content (AvgIpc) is 2.34. The Morgan fingerprint density at radius 2 is 2.67 bits per heavy atom. The molecule has 1 rings (SSSR count). The highest BCUT2D eigenvalue weighted by Crippen LogP contribution is 1.99. The van der Waals surface area contributed by atoms with Crippen molar-refractivity contribution in [2.75, 3.05) is 0 Å². The van der Waals surface area contributed by atoms with Crippen molar-refractivity contribution < 1.29 is 4.42 Å². The zero-order chi connectivity index (χ0) is 6.69. The van der Waals surface area contributed by atoms with Crippen LogP contribution in [0.2, 0.25) is 0 Å². The van der Waals surface area contributed by atoms with E-state index in [-0.39, 0.29) is 12.2 Å². The third-order valence-corrected chi connectivity index (χ3v) is 0.850. The summed E-state index contributed by atoms with van der Waals surface area (Å²) in [6, 6.07) is 1.75. The van der Waals surface area contributed by atoms with Crippen molar-refractivity contribution in [1.82, 2.24) is 4.98 Å². The van der Waals surface area contributed by atoms with Crippen molar-refractivity contribution in [3.63, 3.8) is 0 Å². The van der Waals surface area contributed by atoms with Crippen LogP contribution in [0.3, 0.4) is 0 Å². The highest BCUT2D eigenvalue weighted by atomic mass is 16.4. The largest absolute Gasteiger partial charge is 0.435 e. The lowest BCUT2D eigenvalue weighted by Gasteiger charge is -1.79. The standard InChI is InChI=1S/C5H3BN2O/c6-1-4-3-8-5(2-7)9-4/h3H,1H2. The molecule has 9 heavy (non-hydrogen) atoms. The fourth-order valence-corrected chi connectivity index (χ4v) is 0.454. The van der Waals surface area contributed by atoms with E-state index >= 15 is 0 Å². The molecule has 1 aromatic heterocycles. The van der Waals surface area contributed by atoms with Gasteiger partial charge in [0, 0.05) is 0 Å².